The minimum absolute atomic E-state index is 0.127. The molecule has 1 aliphatic rings. The Morgan fingerprint density at radius 2 is 2.17 bits per heavy atom. The van der Waals surface area contributed by atoms with E-state index in [4.69, 9.17) is 0 Å². The monoisotopic (exact) mass is 333 g/mol. The molecule has 1 saturated heterocycles. The predicted octanol–water partition coefficient (Wildman–Crippen LogP) is 1.79. The van der Waals surface area contributed by atoms with Gasteiger partial charge < -0.3 is 15.5 Å². The average Bonchev–Trinajstić information content (AvgIpc) is 2.98. The predicted molar refractivity (Wildman–Crippen MR) is 94.1 cm³/mol. The van der Waals surface area contributed by atoms with Crippen LogP contribution in [-0.4, -0.2) is 53.0 Å². The zero-order valence-corrected chi connectivity index (χ0v) is 14.7. The number of aromatic nitrogens is 2. The molecule has 3 rings (SSSR count). The first kappa shape index (κ1) is 16.1. The van der Waals surface area contributed by atoms with Gasteiger partial charge in [0.25, 0.3) is 0 Å². The zero-order chi connectivity index (χ0) is 16.4. The van der Waals surface area contributed by atoms with Crippen LogP contribution in [-0.2, 0) is 11.2 Å². The van der Waals surface area contributed by atoms with E-state index in [-0.39, 0.29) is 11.9 Å². The first-order chi connectivity index (χ1) is 11.1. The highest BCUT2D eigenvalue weighted by molar-refractivity contribution is 7.18. The van der Waals surface area contributed by atoms with Gasteiger partial charge >= 0.3 is 0 Å². The first-order valence-corrected chi connectivity index (χ1v) is 8.93. The largest absolute Gasteiger partial charge is 0.358 e. The maximum absolute atomic E-state index is 12.6. The quantitative estimate of drug-likeness (QED) is 0.893. The van der Waals surface area contributed by atoms with Crippen molar-refractivity contribution in [3.8, 4) is 0 Å². The van der Waals surface area contributed by atoms with Gasteiger partial charge in [-0.3, -0.25) is 4.79 Å². The molecule has 1 unspecified atom stereocenters. The van der Waals surface area contributed by atoms with Gasteiger partial charge in [0.05, 0.1) is 5.39 Å². The summed E-state index contributed by atoms with van der Waals surface area (Å²) in [5.41, 5.74) is 0. The molecule has 0 aliphatic carbocycles. The number of piperazine rings is 1. The molecule has 2 aromatic heterocycles. The molecule has 2 N–H and O–H groups in total. The van der Waals surface area contributed by atoms with Crippen LogP contribution in [0.3, 0.4) is 0 Å². The molecule has 1 amide bonds. The second kappa shape index (κ2) is 6.80. The lowest BCUT2D eigenvalue weighted by Gasteiger charge is -2.30. The molecule has 23 heavy (non-hydrogen) atoms. The summed E-state index contributed by atoms with van der Waals surface area (Å²) in [5, 5.41) is 7.58. The minimum atomic E-state index is -0.296. The third kappa shape index (κ3) is 3.45. The number of anilines is 1. The Kier molecular flexibility index (Phi) is 4.77. The average molecular weight is 333 g/mol. The van der Waals surface area contributed by atoms with Crippen LogP contribution in [0.15, 0.2) is 6.07 Å². The van der Waals surface area contributed by atoms with Crippen LogP contribution in [0.5, 0.6) is 0 Å². The molecule has 0 aromatic carbocycles. The van der Waals surface area contributed by atoms with Crippen LogP contribution < -0.4 is 10.6 Å². The molecule has 0 radical (unpaired) electrons. The number of amides is 1. The van der Waals surface area contributed by atoms with Crippen molar-refractivity contribution < 1.29 is 4.79 Å². The molecule has 1 fully saturated rings. The molecule has 124 valence electrons. The number of rotatable bonds is 4. The molecule has 0 saturated carbocycles. The number of hydrogen-bond acceptors (Lipinski definition) is 6. The van der Waals surface area contributed by atoms with Crippen molar-refractivity contribution in [2.45, 2.75) is 33.2 Å². The van der Waals surface area contributed by atoms with Crippen LogP contribution >= 0.6 is 11.3 Å². The van der Waals surface area contributed by atoms with Crippen LogP contribution in [0.2, 0.25) is 0 Å². The summed E-state index contributed by atoms with van der Waals surface area (Å²) in [6.45, 7) is 9.18. The Morgan fingerprint density at radius 3 is 2.87 bits per heavy atom. The third-order valence-corrected chi connectivity index (χ3v) is 5.23. The molecule has 7 heteroatoms. The van der Waals surface area contributed by atoms with E-state index in [0.717, 1.165) is 54.5 Å². The molecular weight excluding hydrogens is 310 g/mol. The maximum Gasteiger partial charge on any atom is 0.244 e. The first-order valence-electron chi connectivity index (χ1n) is 8.11. The summed E-state index contributed by atoms with van der Waals surface area (Å²) < 4.78 is 0. The number of fused-ring (bicyclic) bond motifs is 1. The standard InChI is InChI=1S/C16H23N5OS/c1-4-12-9-13-14(19-11(3)20-15(13)23-12)18-10(2)16(22)21-7-5-17-6-8-21/h9-10,17H,4-8H2,1-3H3,(H,18,19,20). The molecule has 3 heterocycles. The van der Waals surface area contributed by atoms with E-state index >= 15 is 0 Å². The summed E-state index contributed by atoms with van der Waals surface area (Å²) >= 11 is 1.69. The van der Waals surface area contributed by atoms with E-state index < -0.39 is 0 Å². The van der Waals surface area contributed by atoms with E-state index in [1.165, 1.54) is 4.88 Å². The summed E-state index contributed by atoms with van der Waals surface area (Å²) in [5.74, 6) is 1.62. The fraction of sp³-hybridized carbons (Fsp3) is 0.562. The van der Waals surface area contributed by atoms with Gasteiger partial charge in [-0.1, -0.05) is 6.92 Å². The van der Waals surface area contributed by atoms with Crippen LogP contribution in [0, 0.1) is 6.92 Å². The second-order valence-electron chi connectivity index (χ2n) is 5.85. The summed E-state index contributed by atoms with van der Waals surface area (Å²) in [7, 11) is 0. The number of nitrogens with zero attached hydrogens (tertiary/aromatic N) is 3. The van der Waals surface area contributed by atoms with Crippen LogP contribution in [0.1, 0.15) is 24.5 Å². The molecule has 0 bridgehead atoms. The van der Waals surface area contributed by atoms with Crippen LogP contribution in [0.4, 0.5) is 5.82 Å². The highest BCUT2D eigenvalue weighted by Gasteiger charge is 2.23. The van der Waals surface area contributed by atoms with Crippen molar-refractivity contribution in [3.05, 3.63) is 16.8 Å². The van der Waals surface area contributed by atoms with Crippen molar-refractivity contribution in [1.82, 2.24) is 20.2 Å². The van der Waals surface area contributed by atoms with Gasteiger partial charge in [-0.2, -0.15) is 0 Å². The van der Waals surface area contributed by atoms with Gasteiger partial charge in [0, 0.05) is 31.1 Å². The molecule has 0 spiro atoms. The smallest absolute Gasteiger partial charge is 0.244 e. The maximum atomic E-state index is 12.6. The van der Waals surface area contributed by atoms with E-state index in [1.54, 1.807) is 11.3 Å². The van der Waals surface area contributed by atoms with Crippen molar-refractivity contribution in [2.24, 2.45) is 0 Å². The van der Waals surface area contributed by atoms with Crippen LogP contribution in [0.25, 0.3) is 10.2 Å². The Morgan fingerprint density at radius 1 is 1.43 bits per heavy atom. The minimum Gasteiger partial charge on any atom is -0.358 e. The van der Waals surface area contributed by atoms with Gasteiger partial charge in [-0.15, -0.1) is 11.3 Å². The van der Waals surface area contributed by atoms with Crippen molar-refractivity contribution in [3.63, 3.8) is 0 Å². The van der Waals surface area contributed by atoms with E-state index in [2.05, 4.69) is 33.6 Å². The molecule has 6 nitrogen and oxygen atoms in total. The number of hydrogen-bond donors (Lipinski definition) is 2. The lowest BCUT2D eigenvalue weighted by molar-refractivity contribution is -0.132. The molecule has 1 atom stereocenters. The van der Waals surface area contributed by atoms with Gasteiger partial charge in [0.15, 0.2) is 0 Å². The molecule has 1 aliphatic heterocycles. The summed E-state index contributed by atoms with van der Waals surface area (Å²) in [6.07, 6.45) is 0.981. The lowest BCUT2D eigenvalue weighted by atomic mass is 10.2. The lowest BCUT2D eigenvalue weighted by Crippen LogP contribution is -2.50. The normalized spacial score (nSPS) is 16.6. The SMILES string of the molecule is CCc1cc2c(NC(C)C(=O)N3CCNCC3)nc(C)nc2s1. The topological polar surface area (TPSA) is 70.2 Å². The van der Waals surface area contributed by atoms with Gasteiger partial charge in [0.2, 0.25) is 5.91 Å². The van der Waals surface area contributed by atoms with Crippen molar-refractivity contribution >= 4 is 33.3 Å². The van der Waals surface area contributed by atoms with Gasteiger partial charge in [0.1, 0.15) is 22.5 Å². The Labute approximate surface area is 140 Å². The molecular formula is C16H23N5OS. The van der Waals surface area contributed by atoms with Crippen molar-refractivity contribution in [2.75, 3.05) is 31.5 Å². The number of thiophene rings is 1. The third-order valence-electron chi connectivity index (χ3n) is 4.06. The highest BCUT2D eigenvalue weighted by atomic mass is 32.1. The number of nitrogens with one attached hydrogen (secondary N) is 2. The fourth-order valence-corrected chi connectivity index (χ4v) is 3.80. The molecule has 2 aromatic rings. The van der Waals surface area contributed by atoms with E-state index in [1.807, 2.05) is 18.7 Å². The van der Waals surface area contributed by atoms with Crippen molar-refractivity contribution in [1.29, 1.82) is 0 Å². The zero-order valence-electron chi connectivity index (χ0n) is 13.8. The Hall–Kier alpha value is -1.73. The highest BCUT2D eigenvalue weighted by Crippen LogP contribution is 2.29. The summed E-state index contributed by atoms with van der Waals surface area (Å²) in [4.78, 5) is 25.8. The Balaban J connectivity index is 1.82. The van der Waals surface area contributed by atoms with E-state index in [0.29, 0.717) is 0 Å². The van der Waals surface area contributed by atoms with E-state index in [9.17, 15) is 4.79 Å². The number of carbonyl (C=O) groups excluding carboxylic acids is 1. The van der Waals surface area contributed by atoms with Gasteiger partial charge in [-0.25, -0.2) is 9.97 Å². The summed E-state index contributed by atoms with van der Waals surface area (Å²) in [6, 6.07) is 1.83. The number of carbonyl (C=O) groups is 1. The van der Waals surface area contributed by atoms with Gasteiger partial charge in [-0.05, 0) is 26.3 Å². The second-order valence-corrected chi connectivity index (χ2v) is 6.96. The number of aryl methyl sites for hydroxylation is 2. The Bertz CT molecular complexity index is 708. The fourth-order valence-electron chi connectivity index (χ4n) is 2.79.